The number of β-amino-alcohol motifs (C(OH)–C–C–N with tert-alkyl or cyclic N) is 1. The molecule has 0 saturated carbocycles. The quantitative estimate of drug-likeness (QED) is 0.640. The molecule has 1 aliphatic heterocycles. The Morgan fingerprint density at radius 3 is 2.50 bits per heavy atom. The predicted molar refractivity (Wildman–Crippen MR) is 118 cm³/mol. The van der Waals surface area contributed by atoms with Gasteiger partial charge in [0.05, 0.1) is 12.7 Å². The van der Waals surface area contributed by atoms with Gasteiger partial charge in [-0.2, -0.15) is 0 Å². The molecule has 2 aromatic rings. The lowest BCUT2D eigenvalue weighted by Crippen LogP contribution is -2.49. The Balaban J connectivity index is 0.00000280. The number of hydrogen-bond donors (Lipinski definition) is 1. The zero-order valence-corrected chi connectivity index (χ0v) is 18.8. The summed E-state index contributed by atoms with van der Waals surface area (Å²) >= 11 is 3.48. The summed E-state index contributed by atoms with van der Waals surface area (Å²) < 4.78 is 12.8. The number of nitrogens with zero attached hydrogens (tertiary/aromatic N) is 1. The first kappa shape index (κ1) is 23.2. The molecule has 2 aromatic carbocycles. The first-order valence-corrected chi connectivity index (χ1v) is 10.4. The first-order valence-electron chi connectivity index (χ1n) is 9.57. The van der Waals surface area contributed by atoms with Gasteiger partial charge in [-0.3, -0.25) is 4.90 Å². The molecule has 0 aliphatic carbocycles. The molecule has 1 fully saturated rings. The van der Waals surface area contributed by atoms with E-state index in [1.54, 1.807) is 0 Å². The van der Waals surface area contributed by atoms with Crippen LogP contribution in [0, 0.1) is 0 Å². The van der Waals surface area contributed by atoms with Crippen molar-refractivity contribution in [1.82, 2.24) is 4.90 Å². The Morgan fingerprint density at radius 2 is 1.86 bits per heavy atom. The summed E-state index contributed by atoms with van der Waals surface area (Å²) in [7, 11) is 0. The maximum Gasteiger partial charge on any atom is 0.119 e. The van der Waals surface area contributed by atoms with E-state index < -0.39 is 6.10 Å². The fraction of sp³-hybridized carbons (Fsp3) is 0.455. The molecule has 154 valence electrons. The molecule has 4 nitrogen and oxygen atoms in total. The standard InChI is InChI=1S/C22H28BrNO3.ClH/c1-3-17-4-10-21(11-5-17)27-15-20(25)14-24-12-13-26-22(16(24)2)18-6-8-19(23)9-7-18;/h4-11,16,20,22,25H,3,12-15H2,1-2H3;1H. The molecule has 28 heavy (non-hydrogen) atoms. The van der Waals surface area contributed by atoms with Gasteiger partial charge >= 0.3 is 0 Å². The van der Waals surface area contributed by atoms with Crippen molar-refractivity contribution in [3.8, 4) is 5.75 Å². The van der Waals surface area contributed by atoms with Crippen LogP contribution in [0.4, 0.5) is 0 Å². The molecule has 3 unspecified atom stereocenters. The summed E-state index contributed by atoms with van der Waals surface area (Å²) in [5.41, 5.74) is 2.45. The van der Waals surface area contributed by atoms with Crippen LogP contribution in [0.3, 0.4) is 0 Å². The number of aliphatic hydroxyl groups excluding tert-OH is 1. The molecule has 1 N–H and O–H groups in total. The lowest BCUT2D eigenvalue weighted by Gasteiger charge is -2.40. The van der Waals surface area contributed by atoms with E-state index in [1.165, 1.54) is 5.56 Å². The minimum absolute atomic E-state index is 0. The average Bonchev–Trinajstić information content (AvgIpc) is 2.69. The van der Waals surface area contributed by atoms with Crippen molar-refractivity contribution in [3.05, 3.63) is 64.1 Å². The monoisotopic (exact) mass is 469 g/mol. The Labute approximate surface area is 182 Å². The lowest BCUT2D eigenvalue weighted by molar-refractivity contribution is -0.0804. The Bertz CT molecular complexity index is 711. The normalized spacial score (nSPS) is 21.0. The Morgan fingerprint density at radius 1 is 1.18 bits per heavy atom. The summed E-state index contributed by atoms with van der Waals surface area (Å²) in [5.74, 6) is 0.800. The second-order valence-corrected chi connectivity index (χ2v) is 7.96. The van der Waals surface area contributed by atoms with Gasteiger partial charge in [0.15, 0.2) is 0 Å². The molecule has 1 aliphatic rings. The molecule has 6 heteroatoms. The lowest BCUT2D eigenvalue weighted by atomic mass is 10.0. The van der Waals surface area contributed by atoms with Crippen molar-refractivity contribution in [2.24, 2.45) is 0 Å². The zero-order chi connectivity index (χ0) is 19.2. The highest BCUT2D eigenvalue weighted by Gasteiger charge is 2.31. The molecular formula is C22H29BrClNO3. The predicted octanol–water partition coefficient (Wildman–Crippen LogP) is 4.64. The average molecular weight is 471 g/mol. The van der Waals surface area contributed by atoms with Crippen LogP contribution < -0.4 is 4.74 Å². The SMILES string of the molecule is CCc1ccc(OCC(O)CN2CCOC(c3ccc(Br)cc3)C2C)cc1.Cl. The Hall–Kier alpha value is -1.11. The summed E-state index contributed by atoms with van der Waals surface area (Å²) in [4.78, 5) is 2.28. The van der Waals surface area contributed by atoms with Gasteiger partial charge in [-0.1, -0.05) is 47.1 Å². The van der Waals surface area contributed by atoms with Gasteiger partial charge in [0.25, 0.3) is 0 Å². The number of aliphatic hydroxyl groups is 1. The third-order valence-electron chi connectivity index (χ3n) is 5.11. The molecule has 1 heterocycles. The van der Waals surface area contributed by atoms with E-state index in [9.17, 15) is 5.11 Å². The number of halogens is 2. The van der Waals surface area contributed by atoms with Crippen LogP contribution in [0.15, 0.2) is 53.0 Å². The van der Waals surface area contributed by atoms with Crippen molar-refractivity contribution in [2.75, 3.05) is 26.3 Å². The van der Waals surface area contributed by atoms with Gasteiger partial charge in [-0.05, 0) is 48.7 Å². The number of benzene rings is 2. The van der Waals surface area contributed by atoms with Crippen molar-refractivity contribution in [3.63, 3.8) is 0 Å². The van der Waals surface area contributed by atoms with Crippen LogP contribution in [0.2, 0.25) is 0 Å². The largest absolute Gasteiger partial charge is 0.491 e. The number of rotatable bonds is 7. The summed E-state index contributed by atoms with van der Waals surface area (Å²) in [5, 5.41) is 10.5. The molecule has 0 radical (unpaired) electrons. The van der Waals surface area contributed by atoms with Crippen LogP contribution in [0.1, 0.15) is 31.1 Å². The van der Waals surface area contributed by atoms with Crippen LogP contribution in [-0.2, 0) is 11.2 Å². The van der Waals surface area contributed by atoms with Gasteiger partial charge in [0.2, 0.25) is 0 Å². The van der Waals surface area contributed by atoms with Crippen molar-refractivity contribution < 1.29 is 14.6 Å². The van der Waals surface area contributed by atoms with Gasteiger partial charge in [0, 0.05) is 23.6 Å². The first-order chi connectivity index (χ1) is 13.1. The van der Waals surface area contributed by atoms with E-state index in [4.69, 9.17) is 9.47 Å². The zero-order valence-electron chi connectivity index (χ0n) is 16.4. The summed E-state index contributed by atoms with van der Waals surface area (Å²) in [6.07, 6.45) is 0.487. The van der Waals surface area contributed by atoms with Crippen LogP contribution >= 0.6 is 28.3 Å². The highest BCUT2D eigenvalue weighted by molar-refractivity contribution is 9.10. The van der Waals surface area contributed by atoms with E-state index in [0.717, 1.165) is 28.8 Å². The minimum atomic E-state index is -0.540. The number of ether oxygens (including phenoxy) is 2. The molecule has 3 rings (SSSR count). The van der Waals surface area contributed by atoms with Crippen molar-refractivity contribution in [2.45, 2.75) is 38.5 Å². The summed E-state index contributed by atoms with van der Waals surface area (Å²) in [6.45, 7) is 6.63. The Kier molecular flexibility index (Phi) is 9.25. The fourth-order valence-electron chi connectivity index (χ4n) is 3.45. The topological polar surface area (TPSA) is 41.9 Å². The van der Waals surface area contributed by atoms with E-state index in [1.807, 2.05) is 24.3 Å². The molecule has 0 bridgehead atoms. The maximum atomic E-state index is 10.5. The highest BCUT2D eigenvalue weighted by Crippen LogP contribution is 2.29. The number of aryl methyl sites for hydroxylation is 1. The highest BCUT2D eigenvalue weighted by atomic mass is 79.9. The number of hydrogen-bond acceptors (Lipinski definition) is 4. The smallest absolute Gasteiger partial charge is 0.119 e. The second kappa shape index (κ2) is 11.2. The van der Waals surface area contributed by atoms with Crippen molar-refractivity contribution in [1.29, 1.82) is 0 Å². The van der Waals surface area contributed by atoms with Crippen molar-refractivity contribution >= 4 is 28.3 Å². The number of morpholine rings is 1. The fourth-order valence-corrected chi connectivity index (χ4v) is 3.72. The molecule has 0 spiro atoms. The van der Waals surface area contributed by atoms with Gasteiger partial charge in [-0.25, -0.2) is 0 Å². The molecule has 0 aromatic heterocycles. The van der Waals surface area contributed by atoms with E-state index in [-0.39, 0.29) is 24.6 Å². The van der Waals surface area contributed by atoms with Gasteiger partial charge in [-0.15, -0.1) is 12.4 Å². The van der Waals surface area contributed by atoms with E-state index in [0.29, 0.717) is 19.8 Å². The van der Waals surface area contributed by atoms with E-state index >= 15 is 0 Å². The second-order valence-electron chi connectivity index (χ2n) is 7.04. The van der Waals surface area contributed by atoms with E-state index in [2.05, 4.69) is 58.9 Å². The van der Waals surface area contributed by atoms with Crippen LogP contribution in [0.5, 0.6) is 5.75 Å². The third kappa shape index (κ3) is 6.19. The van der Waals surface area contributed by atoms with Crippen LogP contribution in [0.25, 0.3) is 0 Å². The third-order valence-corrected chi connectivity index (χ3v) is 5.64. The minimum Gasteiger partial charge on any atom is -0.491 e. The molecular weight excluding hydrogens is 442 g/mol. The molecule has 3 atom stereocenters. The van der Waals surface area contributed by atoms with Crippen LogP contribution in [-0.4, -0.2) is 48.5 Å². The molecule has 1 saturated heterocycles. The van der Waals surface area contributed by atoms with Gasteiger partial charge < -0.3 is 14.6 Å². The maximum absolute atomic E-state index is 10.5. The summed E-state index contributed by atoms with van der Waals surface area (Å²) in [6, 6.07) is 16.5. The molecule has 0 amide bonds. The van der Waals surface area contributed by atoms with Gasteiger partial charge in [0.1, 0.15) is 18.5 Å².